The van der Waals surface area contributed by atoms with Crippen molar-refractivity contribution in [1.29, 1.82) is 0 Å². The number of hydrogen-bond donors (Lipinski definition) is 0. The van der Waals surface area contributed by atoms with Crippen molar-refractivity contribution < 1.29 is 17.6 Å². The smallest absolute Gasteiger partial charge is 0.243 e. The molecule has 134 valence electrons. The van der Waals surface area contributed by atoms with Crippen molar-refractivity contribution in [2.75, 3.05) is 25.0 Å². The summed E-state index contributed by atoms with van der Waals surface area (Å²) in [5, 5.41) is 0. The molecular weight excluding hydrogens is 411 g/mol. The van der Waals surface area contributed by atoms with E-state index < -0.39 is 21.7 Å². The van der Waals surface area contributed by atoms with E-state index in [1.54, 1.807) is 19.1 Å². The minimum absolute atomic E-state index is 0.107. The van der Waals surface area contributed by atoms with Crippen LogP contribution in [0.15, 0.2) is 57.9 Å². The summed E-state index contributed by atoms with van der Waals surface area (Å²) in [5.74, 6) is -0.792. The van der Waals surface area contributed by atoms with E-state index in [0.717, 1.165) is 8.78 Å². The minimum atomic E-state index is -3.78. The molecule has 0 aromatic heterocycles. The topological polar surface area (TPSA) is 57.7 Å². The van der Waals surface area contributed by atoms with Crippen molar-refractivity contribution in [1.82, 2.24) is 4.31 Å². The SMILES string of the molecule is CCN(C(=O)CN(C)S(=O)(=O)c1ccc(Br)cc1)c1ccc(F)cc1. The Morgan fingerprint density at radius 2 is 1.64 bits per heavy atom. The van der Waals surface area contributed by atoms with Crippen LogP contribution >= 0.6 is 15.9 Å². The maximum Gasteiger partial charge on any atom is 0.243 e. The van der Waals surface area contributed by atoms with E-state index in [1.807, 2.05) is 0 Å². The number of halogens is 2. The Morgan fingerprint density at radius 1 is 1.08 bits per heavy atom. The number of amides is 1. The summed E-state index contributed by atoms with van der Waals surface area (Å²) in [5.41, 5.74) is 0.517. The molecule has 2 aromatic carbocycles. The molecule has 0 aliphatic heterocycles. The second-order valence-corrected chi connectivity index (χ2v) is 8.29. The van der Waals surface area contributed by atoms with Crippen LogP contribution in [0.25, 0.3) is 0 Å². The second kappa shape index (κ2) is 8.07. The number of nitrogens with zero attached hydrogens (tertiary/aromatic N) is 2. The van der Waals surface area contributed by atoms with Crippen molar-refractivity contribution in [3.05, 3.63) is 58.8 Å². The van der Waals surface area contributed by atoms with Gasteiger partial charge in [0.05, 0.1) is 11.4 Å². The summed E-state index contributed by atoms with van der Waals surface area (Å²) < 4.78 is 39.9. The van der Waals surface area contributed by atoms with E-state index in [0.29, 0.717) is 12.2 Å². The van der Waals surface area contributed by atoms with Crippen LogP contribution in [-0.2, 0) is 14.8 Å². The first-order valence-corrected chi connectivity index (χ1v) is 9.77. The second-order valence-electron chi connectivity index (χ2n) is 5.33. The number of rotatable bonds is 6. The predicted molar refractivity (Wildman–Crippen MR) is 98.4 cm³/mol. The Balaban J connectivity index is 2.17. The van der Waals surface area contributed by atoms with Gasteiger partial charge in [0.1, 0.15) is 5.82 Å². The van der Waals surface area contributed by atoms with Gasteiger partial charge in [0.15, 0.2) is 0 Å². The zero-order chi connectivity index (χ0) is 18.6. The Kier molecular flexibility index (Phi) is 6.31. The van der Waals surface area contributed by atoms with Crippen LogP contribution in [0.3, 0.4) is 0 Å². The molecule has 0 N–H and O–H groups in total. The van der Waals surface area contributed by atoms with Crippen molar-refractivity contribution >= 4 is 37.5 Å². The number of carbonyl (C=O) groups is 1. The number of benzene rings is 2. The van der Waals surface area contributed by atoms with Crippen molar-refractivity contribution in [3.8, 4) is 0 Å². The normalized spacial score (nSPS) is 11.6. The van der Waals surface area contributed by atoms with Gasteiger partial charge in [0.25, 0.3) is 0 Å². The molecule has 5 nitrogen and oxygen atoms in total. The highest BCUT2D eigenvalue weighted by molar-refractivity contribution is 9.10. The number of likely N-dealkylation sites (N-methyl/N-ethyl adjacent to an activating group) is 2. The molecule has 0 saturated heterocycles. The molecule has 0 aliphatic rings. The Hall–Kier alpha value is -1.77. The molecule has 0 spiro atoms. The fraction of sp³-hybridized carbons (Fsp3) is 0.235. The number of carbonyl (C=O) groups excluding carboxylic acids is 1. The summed E-state index contributed by atoms with van der Waals surface area (Å²) in [6.07, 6.45) is 0. The lowest BCUT2D eigenvalue weighted by Crippen LogP contribution is -2.41. The fourth-order valence-electron chi connectivity index (χ4n) is 2.27. The molecule has 0 radical (unpaired) electrons. The molecule has 0 unspecified atom stereocenters. The maximum atomic E-state index is 13.0. The third-order valence-corrected chi connectivity index (χ3v) is 5.98. The van der Waals surface area contributed by atoms with Gasteiger partial charge in [-0.3, -0.25) is 4.79 Å². The van der Waals surface area contributed by atoms with Gasteiger partial charge >= 0.3 is 0 Å². The third-order valence-electron chi connectivity index (χ3n) is 3.64. The lowest BCUT2D eigenvalue weighted by molar-refractivity contribution is -0.118. The first-order valence-electron chi connectivity index (χ1n) is 7.53. The average Bonchev–Trinajstić information content (AvgIpc) is 2.57. The molecule has 1 amide bonds. The summed E-state index contributed by atoms with van der Waals surface area (Å²) >= 11 is 3.25. The van der Waals surface area contributed by atoms with Gasteiger partial charge < -0.3 is 4.90 Å². The van der Waals surface area contributed by atoms with Crippen LogP contribution in [0.1, 0.15) is 6.92 Å². The minimum Gasteiger partial charge on any atom is -0.312 e. The highest BCUT2D eigenvalue weighted by atomic mass is 79.9. The van der Waals surface area contributed by atoms with E-state index in [9.17, 15) is 17.6 Å². The molecule has 25 heavy (non-hydrogen) atoms. The summed E-state index contributed by atoms with van der Waals surface area (Å²) in [7, 11) is -2.42. The van der Waals surface area contributed by atoms with Gasteiger partial charge in [-0.1, -0.05) is 15.9 Å². The van der Waals surface area contributed by atoms with Gasteiger partial charge in [0, 0.05) is 23.8 Å². The highest BCUT2D eigenvalue weighted by Gasteiger charge is 2.25. The summed E-state index contributed by atoms with van der Waals surface area (Å²) in [4.78, 5) is 14.0. The van der Waals surface area contributed by atoms with Gasteiger partial charge in [-0.2, -0.15) is 4.31 Å². The molecule has 0 bridgehead atoms. The van der Waals surface area contributed by atoms with Gasteiger partial charge in [-0.15, -0.1) is 0 Å². The standard InChI is InChI=1S/C17H18BrFN2O3S/c1-3-21(15-8-6-14(19)7-9-15)17(22)12-20(2)25(23,24)16-10-4-13(18)5-11-16/h4-11H,3,12H2,1-2H3. The lowest BCUT2D eigenvalue weighted by atomic mass is 10.2. The number of sulfonamides is 1. The molecule has 0 fully saturated rings. The quantitative estimate of drug-likeness (QED) is 0.709. The van der Waals surface area contributed by atoms with Gasteiger partial charge in [-0.25, -0.2) is 12.8 Å². The van der Waals surface area contributed by atoms with Crippen LogP contribution in [0.4, 0.5) is 10.1 Å². The van der Waals surface area contributed by atoms with E-state index >= 15 is 0 Å². The van der Waals surface area contributed by atoms with Crippen LogP contribution in [0, 0.1) is 5.82 Å². The number of anilines is 1. The maximum absolute atomic E-state index is 13.0. The molecular formula is C17H18BrFN2O3S. The van der Waals surface area contributed by atoms with Gasteiger partial charge in [0.2, 0.25) is 15.9 Å². The lowest BCUT2D eigenvalue weighted by Gasteiger charge is -2.24. The first kappa shape index (κ1) is 19.6. The molecule has 8 heteroatoms. The summed E-state index contributed by atoms with van der Waals surface area (Å²) in [6, 6.07) is 11.7. The van der Waals surface area contributed by atoms with Gasteiger partial charge in [-0.05, 0) is 55.5 Å². The average molecular weight is 429 g/mol. The van der Waals surface area contributed by atoms with Crippen LogP contribution in [0.2, 0.25) is 0 Å². The van der Waals surface area contributed by atoms with Crippen molar-refractivity contribution in [3.63, 3.8) is 0 Å². The zero-order valence-corrected chi connectivity index (χ0v) is 16.2. The largest absolute Gasteiger partial charge is 0.312 e. The molecule has 2 aromatic rings. The van der Waals surface area contributed by atoms with E-state index in [4.69, 9.17) is 0 Å². The van der Waals surface area contributed by atoms with E-state index in [1.165, 1.54) is 48.3 Å². The number of hydrogen-bond acceptors (Lipinski definition) is 3. The molecule has 0 saturated carbocycles. The van der Waals surface area contributed by atoms with Crippen molar-refractivity contribution in [2.24, 2.45) is 0 Å². The molecule has 2 rings (SSSR count). The summed E-state index contributed by atoms with van der Waals surface area (Å²) in [6.45, 7) is 1.80. The Labute approximate surface area is 155 Å². The van der Waals surface area contributed by atoms with Crippen molar-refractivity contribution in [2.45, 2.75) is 11.8 Å². The molecule has 0 atom stereocenters. The Morgan fingerprint density at radius 3 is 2.16 bits per heavy atom. The Bertz CT molecular complexity index is 839. The first-order chi connectivity index (χ1) is 11.8. The van der Waals surface area contributed by atoms with E-state index in [-0.39, 0.29) is 11.4 Å². The third kappa shape index (κ3) is 4.65. The zero-order valence-electron chi connectivity index (χ0n) is 13.8. The fourth-order valence-corrected chi connectivity index (χ4v) is 3.66. The molecule has 0 heterocycles. The molecule has 0 aliphatic carbocycles. The monoisotopic (exact) mass is 428 g/mol. The van der Waals surface area contributed by atoms with E-state index in [2.05, 4.69) is 15.9 Å². The highest BCUT2D eigenvalue weighted by Crippen LogP contribution is 2.19. The predicted octanol–water partition coefficient (Wildman–Crippen LogP) is 3.26. The van der Waals surface area contributed by atoms with Crippen LogP contribution in [-0.4, -0.2) is 38.8 Å². The van der Waals surface area contributed by atoms with Crippen LogP contribution < -0.4 is 4.90 Å². The van der Waals surface area contributed by atoms with Crippen LogP contribution in [0.5, 0.6) is 0 Å².